The zero-order valence-electron chi connectivity index (χ0n) is 10.6. The summed E-state index contributed by atoms with van der Waals surface area (Å²) >= 11 is 17.9. The summed E-state index contributed by atoms with van der Waals surface area (Å²) in [6.45, 7) is 0.396. The van der Waals surface area contributed by atoms with E-state index in [4.69, 9.17) is 39.5 Å². The van der Waals surface area contributed by atoms with Crippen molar-refractivity contribution in [1.29, 1.82) is 0 Å². The van der Waals surface area contributed by atoms with Gasteiger partial charge in [0, 0.05) is 18.2 Å². The van der Waals surface area contributed by atoms with Crippen LogP contribution >= 0.6 is 34.8 Å². The Hall–Kier alpha value is -1.29. The van der Waals surface area contributed by atoms with Crippen LogP contribution in [0.15, 0.2) is 30.3 Å². The van der Waals surface area contributed by atoms with Gasteiger partial charge in [0.15, 0.2) is 0 Å². The summed E-state index contributed by atoms with van der Waals surface area (Å²) in [5.74, 6) is 0.742. The third kappa shape index (κ3) is 3.42. The summed E-state index contributed by atoms with van der Waals surface area (Å²) in [5.41, 5.74) is 1.37. The van der Waals surface area contributed by atoms with Gasteiger partial charge in [0.05, 0.1) is 27.9 Å². The van der Waals surface area contributed by atoms with Gasteiger partial charge in [-0.05, 0) is 24.3 Å². The van der Waals surface area contributed by atoms with Crippen LogP contribution in [0.4, 0.5) is 5.69 Å². The monoisotopic (exact) mass is 331 g/mol. The molecule has 0 saturated heterocycles. The van der Waals surface area contributed by atoms with Gasteiger partial charge in [-0.3, -0.25) is 0 Å². The highest BCUT2D eigenvalue weighted by Crippen LogP contribution is 2.33. The molecule has 106 valence electrons. The van der Waals surface area contributed by atoms with Gasteiger partial charge >= 0.3 is 0 Å². The average molecular weight is 333 g/mol. The molecule has 2 N–H and O–H groups in total. The van der Waals surface area contributed by atoms with Crippen molar-refractivity contribution in [3.8, 4) is 11.5 Å². The molecule has 0 spiro atoms. The molecule has 0 heterocycles. The van der Waals surface area contributed by atoms with Gasteiger partial charge < -0.3 is 15.2 Å². The van der Waals surface area contributed by atoms with E-state index >= 15 is 0 Å². The fraction of sp³-hybridized carbons (Fsp3) is 0.143. The van der Waals surface area contributed by atoms with Crippen LogP contribution in [-0.4, -0.2) is 12.2 Å². The molecule has 0 aromatic heterocycles. The Morgan fingerprint density at radius 3 is 2.40 bits per heavy atom. The second-order valence-electron chi connectivity index (χ2n) is 4.09. The third-order valence-electron chi connectivity index (χ3n) is 2.77. The van der Waals surface area contributed by atoms with Crippen molar-refractivity contribution in [3.05, 3.63) is 51.0 Å². The minimum Gasteiger partial charge on any atom is -0.507 e. The van der Waals surface area contributed by atoms with Crippen LogP contribution in [0.1, 0.15) is 5.56 Å². The number of phenolic OH excluding ortho intramolecular Hbond substituents is 1. The number of methoxy groups -OCH3 is 1. The third-order valence-corrected chi connectivity index (χ3v) is 3.81. The molecule has 2 aromatic rings. The van der Waals surface area contributed by atoms with Crippen LogP contribution < -0.4 is 10.1 Å². The van der Waals surface area contributed by atoms with Gasteiger partial charge in [0.1, 0.15) is 11.5 Å². The molecule has 6 heteroatoms. The van der Waals surface area contributed by atoms with Crippen molar-refractivity contribution in [2.75, 3.05) is 12.4 Å². The van der Waals surface area contributed by atoms with E-state index in [0.717, 1.165) is 0 Å². The van der Waals surface area contributed by atoms with Gasteiger partial charge in [-0.2, -0.15) is 0 Å². The zero-order valence-corrected chi connectivity index (χ0v) is 12.9. The topological polar surface area (TPSA) is 41.5 Å². The highest BCUT2D eigenvalue weighted by Gasteiger charge is 2.07. The lowest BCUT2D eigenvalue weighted by atomic mass is 10.2. The molecule has 0 radical (unpaired) electrons. The molecular formula is C14H12Cl3NO2. The lowest BCUT2D eigenvalue weighted by Gasteiger charge is -2.11. The standard InChI is InChI=1S/C14H12Cl3NO2/c1-20-9-3-2-8(14(19)4-9)7-18-13-6-11(16)10(15)5-12(13)17/h2-6,18-19H,7H2,1H3. The maximum absolute atomic E-state index is 9.87. The fourth-order valence-corrected chi connectivity index (χ4v) is 2.28. The van der Waals surface area contributed by atoms with E-state index < -0.39 is 0 Å². The van der Waals surface area contributed by atoms with Crippen molar-refractivity contribution < 1.29 is 9.84 Å². The summed E-state index contributed by atoms with van der Waals surface area (Å²) in [7, 11) is 1.54. The number of halogens is 3. The van der Waals surface area contributed by atoms with Crippen LogP contribution in [0.2, 0.25) is 15.1 Å². The lowest BCUT2D eigenvalue weighted by Crippen LogP contribution is -2.00. The number of hydrogen-bond donors (Lipinski definition) is 2. The number of phenols is 1. The van der Waals surface area contributed by atoms with E-state index in [1.54, 1.807) is 37.4 Å². The number of nitrogens with one attached hydrogen (secondary N) is 1. The van der Waals surface area contributed by atoms with Crippen molar-refractivity contribution in [2.45, 2.75) is 6.54 Å². The predicted octanol–water partition coefficient (Wildman–Crippen LogP) is 4.97. The number of anilines is 1. The summed E-state index contributed by atoms with van der Waals surface area (Å²) in [6, 6.07) is 8.31. The molecule has 0 fully saturated rings. The molecule has 0 amide bonds. The number of ether oxygens (including phenoxy) is 1. The van der Waals surface area contributed by atoms with Crippen LogP contribution in [-0.2, 0) is 6.54 Å². The van der Waals surface area contributed by atoms with Gasteiger partial charge in [0.2, 0.25) is 0 Å². The average Bonchev–Trinajstić information content (AvgIpc) is 2.42. The Balaban J connectivity index is 2.15. The second kappa shape index (κ2) is 6.44. The Morgan fingerprint density at radius 2 is 1.75 bits per heavy atom. The normalized spacial score (nSPS) is 10.4. The highest BCUT2D eigenvalue weighted by atomic mass is 35.5. The first kappa shape index (κ1) is 15.1. The first-order valence-corrected chi connectivity index (χ1v) is 6.89. The Labute approximate surface area is 132 Å². The van der Waals surface area contributed by atoms with Crippen LogP contribution in [0.3, 0.4) is 0 Å². The molecule has 20 heavy (non-hydrogen) atoms. The molecule has 0 unspecified atom stereocenters. The Bertz CT molecular complexity index is 632. The van der Waals surface area contributed by atoms with Gasteiger partial charge in [-0.1, -0.05) is 34.8 Å². The smallest absolute Gasteiger partial charge is 0.124 e. The van der Waals surface area contributed by atoms with E-state index in [0.29, 0.717) is 38.6 Å². The molecular weight excluding hydrogens is 321 g/mol. The summed E-state index contributed by atoms with van der Waals surface area (Å²) in [4.78, 5) is 0. The quantitative estimate of drug-likeness (QED) is 0.776. The molecule has 0 aliphatic carbocycles. The van der Waals surface area contributed by atoms with E-state index in [1.165, 1.54) is 0 Å². The highest BCUT2D eigenvalue weighted by molar-refractivity contribution is 6.44. The molecule has 3 nitrogen and oxygen atoms in total. The fourth-order valence-electron chi connectivity index (χ4n) is 1.67. The molecule has 0 bridgehead atoms. The molecule has 0 saturated carbocycles. The number of hydrogen-bond acceptors (Lipinski definition) is 3. The van der Waals surface area contributed by atoms with Crippen LogP contribution in [0.25, 0.3) is 0 Å². The molecule has 0 aliphatic heterocycles. The first-order chi connectivity index (χ1) is 9.51. The Kier molecular flexibility index (Phi) is 4.86. The van der Waals surface area contributed by atoms with Gasteiger partial charge in [0.25, 0.3) is 0 Å². The van der Waals surface area contributed by atoms with E-state index in [2.05, 4.69) is 5.32 Å². The Morgan fingerprint density at radius 1 is 1.05 bits per heavy atom. The first-order valence-electron chi connectivity index (χ1n) is 5.75. The maximum atomic E-state index is 9.87. The van der Waals surface area contributed by atoms with Gasteiger partial charge in [-0.15, -0.1) is 0 Å². The van der Waals surface area contributed by atoms with E-state index in [-0.39, 0.29) is 5.75 Å². The van der Waals surface area contributed by atoms with Gasteiger partial charge in [-0.25, -0.2) is 0 Å². The maximum Gasteiger partial charge on any atom is 0.124 e. The second-order valence-corrected chi connectivity index (χ2v) is 5.32. The lowest BCUT2D eigenvalue weighted by molar-refractivity contribution is 0.406. The van der Waals surface area contributed by atoms with Crippen LogP contribution in [0.5, 0.6) is 11.5 Å². The predicted molar refractivity (Wildman–Crippen MR) is 83.5 cm³/mol. The summed E-state index contributed by atoms with van der Waals surface area (Å²) < 4.78 is 5.03. The summed E-state index contributed by atoms with van der Waals surface area (Å²) in [6.07, 6.45) is 0. The largest absolute Gasteiger partial charge is 0.507 e. The number of aromatic hydroxyl groups is 1. The number of rotatable bonds is 4. The van der Waals surface area contributed by atoms with E-state index in [9.17, 15) is 5.11 Å². The molecule has 2 aromatic carbocycles. The molecule has 0 atom stereocenters. The molecule has 0 aliphatic rings. The minimum atomic E-state index is 0.146. The van der Waals surface area contributed by atoms with E-state index in [1.807, 2.05) is 0 Å². The number of benzene rings is 2. The summed E-state index contributed by atoms with van der Waals surface area (Å²) in [5, 5.41) is 14.2. The SMILES string of the molecule is COc1ccc(CNc2cc(Cl)c(Cl)cc2Cl)c(O)c1. The molecule has 2 rings (SSSR count). The van der Waals surface area contributed by atoms with Crippen LogP contribution in [0, 0.1) is 0 Å². The van der Waals surface area contributed by atoms with Crippen molar-refractivity contribution in [3.63, 3.8) is 0 Å². The van der Waals surface area contributed by atoms with Crippen molar-refractivity contribution >= 4 is 40.5 Å². The minimum absolute atomic E-state index is 0.146. The zero-order chi connectivity index (χ0) is 14.7. The van der Waals surface area contributed by atoms with Crippen molar-refractivity contribution in [1.82, 2.24) is 0 Å². The van der Waals surface area contributed by atoms with Crippen molar-refractivity contribution in [2.24, 2.45) is 0 Å².